The van der Waals surface area contributed by atoms with Gasteiger partial charge in [-0.05, 0) is 176 Å². The molecule has 6 aliphatic rings. The van der Waals surface area contributed by atoms with E-state index < -0.39 is 0 Å². The highest BCUT2D eigenvalue weighted by molar-refractivity contribution is 5.89. The molecular weight excluding hydrogens is 733 g/mol. The second-order valence-electron chi connectivity index (χ2n) is 21.2. The van der Waals surface area contributed by atoms with E-state index in [4.69, 9.17) is 0 Å². The summed E-state index contributed by atoms with van der Waals surface area (Å²) in [5.41, 5.74) is 25.2. The van der Waals surface area contributed by atoms with Crippen LogP contribution in [0.1, 0.15) is 156 Å². The van der Waals surface area contributed by atoms with E-state index >= 15 is 0 Å². The molecule has 0 aromatic heterocycles. The summed E-state index contributed by atoms with van der Waals surface area (Å²) < 4.78 is 0. The molecule has 61 heavy (non-hydrogen) atoms. The highest BCUT2D eigenvalue weighted by Crippen LogP contribution is 2.60. The molecule has 0 spiro atoms. The molecule has 0 heterocycles. The van der Waals surface area contributed by atoms with Crippen molar-refractivity contribution < 1.29 is 0 Å². The van der Waals surface area contributed by atoms with Gasteiger partial charge < -0.3 is 0 Å². The SMILES string of the molecule is Cc1ccc2c(c1)C(C)(C1CCCCC1)c1cc(-c3ccc4c(c3)C(C)(C3CCCCC3)c3cc(-c5ccc6c(c5)C(C)(C5CCCCC5)c5ccccc5-6)ccc3-4)ccc1-2. The van der Waals surface area contributed by atoms with Crippen LogP contribution in [0, 0.1) is 24.7 Å². The molecule has 3 unspecified atom stereocenters. The zero-order valence-corrected chi connectivity index (χ0v) is 37.3. The molecule has 3 saturated carbocycles. The van der Waals surface area contributed by atoms with Crippen molar-refractivity contribution in [3.8, 4) is 55.6 Å². The van der Waals surface area contributed by atoms with Gasteiger partial charge in [0.15, 0.2) is 0 Å². The fourth-order valence-corrected chi connectivity index (χ4v) is 14.8. The lowest BCUT2D eigenvalue weighted by molar-refractivity contribution is 0.258. The smallest absolute Gasteiger partial charge is 0.0215 e. The van der Waals surface area contributed by atoms with Crippen LogP contribution in [-0.4, -0.2) is 0 Å². The van der Waals surface area contributed by atoms with Crippen molar-refractivity contribution in [2.45, 2.75) is 140 Å². The van der Waals surface area contributed by atoms with E-state index in [0.29, 0.717) is 17.8 Å². The molecule has 0 nitrogen and oxygen atoms in total. The van der Waals surface area contributed by atoms with Crippen LogP contribution in [0.25, 0.3) is 55.6 Å². The summed E-state index contributed by atoms with van der Waals surface area (Å²) >= 11 is 0. The van der Waals surface area contributed by atoms with Crippen LogP contribution >= 0.6 is 0 Å². The first-order valence-corrected chi connectivity index (χ1v) is 24.6. The van der Waals surface area contributed by atoms with Crippen molar-refractivity contribution in [1.82, 2.24) is 0 Å². The number of aryl methyl sites for hydroxylation is 1. The first kappa shape index (κ1) is 38.0. The van der Waals surface area contributed by atoms with Gasteiger partial charge in [0.1, 0.15) is 0 Å². The average Bonchev–Trinajstić information content (AvgIpc) is 3.85. The van der Waals surface area contributed by atoms with Crippen molar-refractivity contribution in [3.05, 3.63) is 154 Å². The first-order valence-electron chi connectivity index (χ1n) is 24.6. The van der Waals surface area contributed by atoms with E-state index in [2.05, 4.69) is 143 Å². The van der Waals surface area contributed by atoms with Gasteiger partial charge in [0, 0.05) is 16.2 Å². The molecule has 0 amide bonds. The number of benzene rings is 6. The van der Waals surface area contributed by atoms with Crippen LogP contribution in [0.2, 0.25) is 0 Å². The summed E-state index contributed by atoms with van der Waals surface area (Å²) in [5, 5.41) is 0. The van der Waals surface area contributed by atoms with Crippen LogP contribution in [0.5, 0.6) is 0 Å². The van der Waals surface area contributed by atoms with Crippen LogP contribution in [-0.2, 0) is 16.2 Å². The summed E-state index contributed by atoms with van der Waals surface area (Å²) in [6.45, 7) is 10.1. The Hall–Kier alpha value is -4.68. The van der Waals surface area contributed by atoms with Gasteiger partial charge in [0.25, 0.3) is 0 Å². The maximum Gasteiger partial charge on any atom is 0.0215 e. The maximum atomic E-state index is 2.65. The molecular formula is C61H64. The fourth-order valence-electron chi connectivity index (χ4n) is 14.8. The van der Waals surface area contributed by atoms with E-state index in [9.17, 15) is 0 Å². The zero-order chi connectivity index (χ0) is 41.1. The Balaban J connectivity index is 0.961. The predicted octanol–water partition coefficient (Wildman–Crippen LogP) is 16.9. The molecule has 0 saturated heterocycles. The van der Waals surface area contributed by atoms with Gasteiger partial charge in [-0.1, -0.05) is 175 Å². The van der Waals surface area contributed by atoms with Crippen molar-refractivity contribution in [2.24, 2.45) is 17.8 Å². The minimum absolute atomic E-state index is 0.0260. The second-order valence-corrected chi connectivity index (χ2v) is 21.2. The summed E-state index contributed by atoms with van der Waals surface area (Å²) in [6, 6.07) is 46.9. The number of hydrogen-bond acceptors (Lipinski definition) is 0. The van der Waals surface area contributed by atoms with Gasteiger partial charge in [-0.25, -0.2) is 0 Å². The Morgan fingerprint density at radius 3 is 0.984 bits per heavy atom. The van der Waals surface area contributed by atoms with Crippen molar-refractivity contribution in [3.63, 3.8) is 0 Å². The Kier molecular flexibility index (Phi) is 8.84. The highest BCUT2D eigenvalue weighted by Gasteiger charge is 2.48. The molecule has 308 valence electrons. The lowest BCUT2D eigenvalue weighted by Gasteiger charge is -2.40. The predicted molar refractivity (Wildman–Crippen MR) is 257 cm³/mol. The molecule has 0 heteroatoms. The standard InChI is InChI=1S/C61H64/c1-39-24-29-48-50-31-26-41(36-56(50)60(3,54(48)34-39)45-18-10-6-11-19-45)43-28-33-52-51-32-27-42(37-57(51)61(4,58(52)38-43)46-20-12-7-13-21-46)40-25-30-49-47-22-14-15-23-53(47)59(2,55(49)35-40)44-16-8-5-9-17-44/h14-15,22-38,44-46H,5-13,16-21H2,1-4H3. The summed E-state index contributed by atoms with van der Waals surface area (Å²) in [4.78, 5) is 0. The Morgan fingerprint density at radius 2 is 0.607 bits per heavy atom. The third kappa shape index (κ3) is 5.49. The van der Waals surface area contributed by atoms with E-state index in [1.165, 1.54) is 158 Å². The van der Waals surface area contributed by atoms with Gasteiger partial charge in [-0.3, -0.25) is 0 Å². The Morgan fingerprint density at radius 1 is 0.311 bits per heavy atom. The normalized spacial score (nSPS) is 25.7. The molecule has 0 radical (unpaired) electrons. The first-order chi connectivity index (χ1) is 29.8. The molecule has 12 rings (SSSR count). The lowest BCUT2D eigenvalue weighted by Crippen LogP contribution is -2.33. The maximum absolute atomic E-state index is 2.65. The molecule has 3 fully saturated rings. The average molecular weight is 797 g/mol. The van der Waals surface area contributed by atoms with Crippen molar-refractivity contribution >= 4 is 0 Å². The largest absolute Gasteiger partial charge is 0.0619 e. The van der Waals surface area contributed by atoms with Crippen LogP contribution in [0.3, 0.4) is 0 Å². The highest BCUT2D eigenvalue weighted by atomic mass is 14.5. The molecule has 0 bridgehead atoms. The lowest BCUT2D eigenvalue weighted by atomic mass is 9.64. The van der Waals surface area contributed by atoms with Crippen LogP contribution in [0.4, 0.5) is 0 Å². The second kappa shape index (κ2) is 14.2. The molecule has 0 aliphatic heterocycles. The van der Waals surface area contributed by atoms with Crippen molar-refractivity contribution in [2.75, 3.05) is 0 Å². The number of hydrogen-bond donors (Lipinski definition) is 0. The van der Waals surface area contributed by atoms with Gasteiger partial charge in [-0.2, -0.15) is 0 Å². The number of rotatable bonds is 5. The fraction of sp³-hybridized carbons (Fsp3) is 0.410. The third-order valence-corrected chi connectivity index (χ3v) is 18.3. The quantitative estimate of drug-likeness (QED) is 0.163. The summed E-state index contributed by atoms with van der Waals surface area (Å²) in [7, 11) is 0. The van der Waals surface area contributed by atoms with Crippen LogP contribution in [0.15, 0.2) is 115 Å². The summed E-state index contributed by atoms with van der Waals surface area (Å²) in [6.07, 6.45) is 20.3. The van der Waals surface area contributed by atoms with Crippen molar-refractivity contribution in [1.29, 1.82) is 0 Å². The van der Waals surface area contributed by atoms with Gasteiger partial charge >= 0.3 is 0 Å². The minimum atomic E-state index is -0.0260. The minimum Gasteiger partial charge on any atom is -0.0619 e. The summed E-state index contributed by atoms with van der Waals surface area (Å²) in [5.74, 6) is 2.03. The Labute approximate surface area is 366 Å². The monoisotopic (exact) mass is 797 g/mol. The van der Waals surface area contributed by atoms with E-state index in [-0.39, 0.29) is 16.2 Å². The topological polar surface area (TPSA) is 0 Å². The van der Waals surface area contributed by atoms with Gasteiger partial charge in [0.05, 0.1) is 0 Å². The van der Waals surface area contributed by atoms with Gasteiger partial charge in [-0.15, -0.1) is 0 Å². The Bertz CT molecular complexity index is 2710. The molecule has 0 N–H and O–H groups in total. The van der Waals surface area contributed by atoms with Crippen LogP contribution < -0.4 is 0 Å². The molecule has 6 aromatic carbocycles. The molecule has 6 aromatic rings. The molecule has 6 aliphatic carbocycles. The zero-order valence-electron chi connectivity index (χ0n) is 37.3. The van der Waals surface area contributed by atoms with Gasteiger partial charge in [0.2, 0.25) is 0 Å². The number of fused-ring (bicyclic) bond motifs is 9. The van der Waals surface area contributed by atoms with E-state index in [0.717, 1.165) is 0 Å². The third-order valence-electron chi connectivity index (χ3n) is 18.3. The molecule has 3 atom stereocenters. The van der Waals surface area contributed by atoms with E-state index in [1.54, 1.807) is 33.4 Å². The van der Waals surface area contributed by atoms with E-state index in [1.807, 2.05) is 0 Å².